The minimum absolute atomic E-state index is 0.0994. The van der Waals surface area contributed by atoms with Crippen molar-refractivity contribution < 1.29 is 19.1 Å². The number of rotatable bonds is 10. The highest BCUT2D eigenvalue weighted by Gasteiger charge is 2.38. The number of aromatic amines is 1. The van der Waals surface area contributed by atoms with Gasteiger partial charge in [0.2, 0.25) is 11.8 Å². The lowest BCUT2D eigenvalue weighted by Crippen LogP contribution is -2.54. The number of alkyl carbamates (subject to hydrolysis) is 1. The van der Waals surface area contributed by atoms with Crippen LogP contribution in [0.1, 0.15) is 43.9 Å². The quantitative estimate of drug-likeness (QED) is 0.489. The van der Waals surface area contributed by atoms with Gasteiger partial charge in [-0.3, -0.25) is 9.59 Å². The van der Waals surface area contributed by atoms with E-state index in [1.54, 1.807) is 11.1 Å². The number of nitrogens with zero attached hydrogens (tertiary/aromatic N) is 2. The molecule has 1 aromatic heterocycles. The Morgan fingerprint density at radius 3 is 2.81 bits per heavy atom. The van der Waals surface area contributed by atoms with E-state index in [0.29, 0.717) is 25.2 Å². The van der Waals surface area contributed by atoms with Gasteiger partial charge in [-0.15, -0.1) is 0 Å². The maximum absolute atomic E-state index is 13.4. The fraction of sp³-hybridized carbons (Fsp3) is 0.478. The number of benzene rings is 1. The first-order chi connectivity index (χ1) is 15.6. The molecule has 0 radical (unpaired) electrons. The number of unbranched alkanes of at least 4 members (excludes halogenated alkanes) is 1. The second-order valence-corrected chi connectivity index (χ2v) is 7.86. The number of nitrogens with one attached hydrogen (secondary N) is 3. The van der Waals surface area contributed by atoms with Crippen LogP contribution in [-0.4, -0.2) is 57.9 Å². The van der Waals surface area contributed by atoms with Crippen LogP contribution in [0.3, 0.4) is 0 Å². The summed E-state index contributed by atoms with van der Waals surface area (Å²) >= 11 is 0. The van der Waals surface area contributed by atoms with Crippen molar-refractivity contribution >= 4 is 17.9 Å². The van der Waals surface area contributed by atoms with Crippen molar-refractivity contribution in [1.29, 1.82) is 0 Å². The van der Waals surface area contributed by atoms with Gasteiger partial charge in [0.15, 0.2) is 0 Å². The number of hydrogen-bond acceptors (Lipinski definition) is 5. The lowest BCUT2D eigenvalue weighted by molar-refractivity contribution is -0.140. The number of ether oxygens (including phenoxy) is 1. The van der Waals surface area contributed by atoms with Crippen LogP contribution in [0.5, 0.6) is 0 Å². The molecule has 1 aliphatic heterocycles. The zero-order valence-electron chi connectivity index (χ0n) is 18.4. The number of likely N-dealkylation sites (tertiary alicyclic amines) is 1. The average molecular weight is 442 g/mol. The summed E-state index contributed by atoms with van der Waals surface area (Å²) in [5, 5.41) is 5.59. The van der Waals surface area contributed by atoms with E-state index in [4.69, 9.17) is 4.74 Å². The third kappa shape index (κ3) is 6.57. The van der Waals surface area contributed by atoms with Gasteiger partial charge in [-0.05, 0) is 24.8 Å². The molecule has 1 aliphatic rings. The molecule has 3 amide bonds. The van der Waals surface area contributed by atoms with Crippen molar-refractivity contribution in [3.63, 3.8) is 0 Å². The Bertz CT molecular complexity index is 872. The molecule has 0 unspecified atom stereocenters. The second-order valence-electron chi connectivity index (χ2n) is 7.86. The lowest BCUT2D eigenvalue weighted by atomic mass is 10.1. The Morgan fingerprint density at radius 1 is 1.28 bits per heavy atom. The summed E-state index contributed by atoms with van der Waals surface area (Å²) in [7, 11) is 0. The van der Waals surface area contributed by atoms with E-state index in [2.05, 4.69) is 27.5 Å². The summed E-state index contributed by atoms with van der Waals surface area (Å²) in [5.41, 5.74) is 1.48. The molecule has 0 saturated carbocycles. The van der Waals surface area contributed by atoms with Crippen molar-refractivity contribution in [1.82, 2.24) is 25.5 Å². The molecule has 0 aliphatic carbocycles. The lowest BCUT2D eigenvalue weighted by Gasteiger charge is -2.28. The number of H-pyrrole nitrogens is 1. The third-order valence-electron chi connectivity index (χ3n) is 5.44. The molecule has 1 fully saturated rings. The van der Waals surface area contributed by atoms with E-state index in [-0.39, 0.29) is 24.8 Å². The largest absolute Gasteiger partial charge is 0.445 e. The summed E-state index contributed by atoms with van der Waals surface area (Å²) in [5.74, 6) is -0.452. The van der Waals surface area contributed by atoms with E-state index >= 15 is 0 Å². The highest BCUT2D eigenvalue weighted by atomic mass is 16.5. The third-order valence-corrected chi connectivity index (χ3v) is 5.44. The zero-order valence-corrected chi connectivity index (χ0v) is 18.4. The van der Waals surface area contributed by atoms with Gasteiger partial charge in [0, 0.05) is 25.7 Å². The highest BCUT2D eigenvalue weighted by molar-refractivity contribution is 5.92. The molecule has 2 heterocycles. The molecule has 9 heteroatoms. The predicted octanol–water partition coefficient (Wildman–Crippen LogP) is 2.15. The van der Waals surface area contributed by atoms with E-state index < -0.39 is 18.2 Å². The second kappa shape index (κ2) is 11.9. The van der Waals surface area contributed by atoms with Crippen LogP contribution in [0.25, 0.3) is 0 Å². The van der Waals surface area contributed by atoms with E-state index in [1.807, 2.05) is 30.3 Å². The molecule has 2 aromatic rings. The Balaban J connectivity index is 1.64. The summed E-state index contributed by atoms with van der Waals surface area (Å²) in [4.78, 5) is 47.0. The number of hydrogen-bond donors (Lipinski definition) is 3. The molecule has 172 valence electrons. The SMILES string of the molecule is CCCCNC(=O)[C@@H]1CCCN1C(=O)[C@H](Cc1c[nH]cn1)NC(=O)OCc1ccccc1. The van der Waals surface area contributed by atoms with Crippen LogP contribution in [-0.2, 0) is 27.4 Å². The van der Waals surface area contributed by atoms with Gasteiger partial charge in [-0.25, -0.2) is 9.78 Å². The van der Waals surface area contributed by atoms with Gasteiger partial charge in [0.05, 0.1) is 12.0 Å². The Labute approximate surface area is 187 Å². The topological polar surface area (TPSA) is 116 Å². The predicted molar refractivity (Wildman–Crippen MR) is 118 cm³/mol. The number of carbonyl (C=O) groups is 3. The average Bonchev–Trinajstić information content (AvgIpc) is 3.50. The fourth-order valence-corrected chi connectivity index (χ4v) is 3.73. The van der Waals surface area contributed by atoms with Gasteiger partial charge in [-0.2, -0.15) is 0 Å². The van der Waals surface area contributed by atoms with Crippen molar-refractivity contribution in [3.05, 3.63) is 54.1 Å². The van der Waals surface area contributed by atoms with Gasteiger partial charge in [0.25, 0.3) is 0 Å². The minimum atomic E-state index is -0.884. The molecule has 3 rings (SSSR count). The molecule has 9 nitrogen and oxygen atoms in total. The van der Waals surface area contributed by atoms with Crippen LogP contribution >= 0.6 is 0 Å². The molecule has 1 saturated heterocycles. The van der Waals surface area contributed by atoms with Crippen LogP contribution in [0.4, 0.5) is 4.79 Å². The summed E-state index contributed by atoms with van der Waals surface area (Å²) in [6.07, 6.45) is 5.93. The Morgan fingerprint density at radius 2 is 2.09 bits per heavy atom. The van der Waals surface area contributed by atoms with Crippen molar-refractivity contribution in [2.24, 2.45) is 0 Å². The standard InChI is InChI=1S/C23H31N5O4/c1-2-3-11-25-21(29)20-10-7-12-28(20)22(30)19(13-18-14-24-16-26-18)27-23(31)32-15-17-8-5-4-6-9-17/h4-6,8-9,14,16,19-20H,2-3,7,10-13,15H2,1H3,(H,24,26)(H,25,29)(H,27,31)/t19-,20-/m0/s1. The first kappa shape index (κ1) is 23.3. The van der Waals surface area contributed by atoms with Gasteiger partial charge in [-0.1, -0.05) is 43.7 Å². The molecule has 1 aromatic carbocycles. The summed E-state index contributed by atoms with van der Waals surface area (Å²) in [6, 6.07) is 7.90. The Hall–Kier alpha value is -3.36. The minimum Gasteiger partial charge on any atom is -0.445 e. The molecular weight excluding hydrogens is 410 g/mol. The van der Waals surface area contributed by atoms with Gasteiger partial charge in [0.1, 0.15) is 18.7 Å². The maximum atomic E-state index is 13.4. The van der Waals surface area contributed by atoms with E-state index in [0.717, 1.165) is 24.8 Å². The number of amides is 3. The monoisotopic (exact) mass is 441 g/mol. The molecule has 0 bridgehead atoms. The summed E-state index contributed by atoms with van der Waals surface area (Å²) in [6.45, 7) is 3.22. The summed E-state index contributed by atoms with van der Waals surface area (Å²) < 4.78 is 5.30. The van der Waals surface area contributed by atoms with Gasteiger partial charge >= 0.3 is 6.09 Å². The molecule has 32 heavy (non-hydrogen) atoms. The van der Waals surface area contributed by atoms with Crippen molar-refractivity contribution in [2.45, 2.75) is 57.7 Å². The van der Waals surface area contributed by atoms with Crippen LogP contribution in [0.15, 0.2) is 42.9 Å². The van der Waals surface area contributed by atoms with Gasteiger partial charge < -0.3 is 25.3 Å². The highest BCUT2D eigenvalue weighted by Crippen LogP contribution is 2.19. The first-order valence-electron chi connectivity index (χ1n) is 11.1. The van der Waals surface area contributed by atoms with E-state index in [9.17, 15) is 14.4 Å². The number of carbonyl (C=O) groups excluding carboxylic acids is 3. The number of imidazole rings is 1. The molecule has 0 spiro atoms. The van der Waals surface area contributed by atoms with Crippen LogP contribution in [0, 0.1) is 0 Å². The number of aromatic nitrogens is 2. The van der Waals surface area contributed by atoms with Crippen molar-refractivity contribution in [2.75, 3.05) is 13.1 Å². The molecule has 3 N–H and O–H groups in total. The van der Waals surface area contributed by atoms with E-state index in [1.165, 1.54) is 6.33 Å². The fourth-order valence-electron chi connectivity index (χ4n) is 3.73. The smallest absolute Gasteiger partial charge is 0.408 e. The normalized spacial score (nSPS) is 16.4. The molecular formula is C23H31N5O4. The van der Waals surface area contributed by atoms with Crippen LogP contribution in [0.2, 0.25) is 0 Å². The Kier molecular flexibility index (Phi) is 8.65. The maximum Gasteiger partial charge on any atom is 0.408 e. The first-order valence-corrected chi connectivity index (χ1v) is 11.1. The zero-order chi connectivity index (χ0) is 22.8. The molecule has 2 atom stereocenters. The van der Waals surface area contributed by atoms with Crippen LogP contribution < -0.4 is 10.6 Å². The van der Waals surface area contributed by atoms with Crippen molar-refractivity contribution in [3.8, 4) is 0 Å².